The fraction of sp³-hybridized carbons (Fsp3) is 0.526. The van der Waals surface area contributed by atoms with Crippen LogP contribution in [0.1, 0.15) is 30.6 Å². The van der Waals surface area contributed by atoms with Crippen LogP contribution >= 0.6 is 35.6 Å². The summed E-state index contributed by atoms with van der Waals surface area (Å²) in [5.74, 6) is 3.50. The number of methoxy groups -OCH3 is 1. The molecule has 7 nitrogen and oxygen atoms in total. The Morgan fingerprint density at radius 3 is 2.96 bits per heavy atom. The molecule has 0 aliphatic carbocycles. The summed E-state index contributed by atoms with van der Waals surface area (Å²) in [6.45, 7) is 6.28. The van der Waals surface area contributed by atoms with Gasteiger partial charge in [-0.15, -0.1) is 24.0 Å². The first-order valence-corrected chi connectivity index (χ1v) is 9.74. The van der Waals surface area contributed by atoms with Gasteiger partial charge in [0.1, 0.15) is 17.4 Å². The fourth-order valence-corrected chi connectivity index (χ4v) is 3.48. The van der Waals surface area contributed by atoms with Crippen LogP contribution in [0.3, 0.4) is 0 Å². The Hall–Kier alpha value is -1.55. The Morgan fingerprint density at radius 1 is 1.43 bits per heavy atom. The Balaban J connectivity index is 0.00000280. The molecule has 2 aromatic rings. The van der Waals surface area contributed by atoms with E-state index in [-0.39, 0.29) is 24.0 Å². The number of aromatic nitrogens is 3. The van der Waals surface area contributed by atoms with Crippen molar-refractivity contribution < 1.29 is 4.74 Å². The van der Waals surface area contributed by atoms with Gasteiger partial charge in [-0.25, -0.2) is 9.67 Å². The number of aliphatic imine (C=N–C) groups is 1. The number of nitrogens with zero attached hydrogens (tertiary/aromatic N) is 4. The fourth-order valence-electron chi connectivity index (χ4n) is 3.21. The first kappa shape index (κ1) is 22.7. The Labute approximate surface area is 188 Å². The molecule has 1 aliphatic rings. The van der Waals surface area contributed by atoms with Crippen molar-refractivity contribution in [3.8, 4) is 5.75 Å². The lowest BCUT2D eigenvalue weighted by Crippen LogP contribution is -2.47. The van der Waals surface area contributed by atoms with Crippen LogP contribution in [0.25, 0.3) is 0 Å². The van der Waals surface area contributed by atoms with Gasteiger partial charge in [-0.05, 0) is 44.4 Å². The van der Waals surface area contributed by atoms with E-state index in [1.54, 1.807) is 7.11 Å². The SMILES string of the molecule is CCNC(=NCCc1ccc(OC)cc1Cl)NC1CCc2nc(C)nn2C1.I. The lowest BCUT2D eigenvalue weighted by molar-refractivity contribution is 0.392. The van der Waals surface area contributed by atoms with E-state index in [1.165, 1.54) is 0 Å². The highest BCUT2D eigenvalue weighted by molar-refractivity contribution is 14.0. The van der Waals surface area contributed by atoms with Crippen molar-refractivity contribution in [3.63, 3.8) is 0 Å². The van der Waals surface area contributed by atoms with E-state index in [4.69, 9.17) is 21.3 Å². The molecule has 1 unspecified atom stereocenters. The molecular formula is C19H28ClIN6O. The van der Waals surface area contributed by atoms with Crippen molar-refractivity contribution in [1.82, 2.24) is 25.4 Å². The third kappa shape index (κ3) is 5.97. The highest BCUT2D eigenvalue weighted by atomic mass is 127. The number of ether oxygens (including phenoxy) is 1. The first-order chi connectivity index (χ1) is 13.1. The topological polar surface area (TPSA) is 76.4 Å². The van der Waals surface area contributed by atoms with Crippen molar-refractivity contribution >= 4 is 41.5 Å². The van der Waals surface area contributed by atoms with Crippen LogP contribution in [0.2, 0.25) is 5.02 Å². The number of guanidine groups is 1. The molecule has 1 aliphatic heterocycles. The maximum absolute atomic E-state index is 6.31. The van der Waals surface area contributed by atoms with Gasteiger partial charge in [0.25, 0.3) is 0 Å². The predicted octanol–water partition coefficient (Wildman–Crippen LogP) is 2.98. The Kier molecular flexibility index (Phi) is 8.81. The first-order valence-electron chi connectivity index (χ1n) is 9.36. The molecule has 2 heterocycles. The number of rotatable bonds is 6. The van der Waals surface area contributed by atoms with Gasteiger partial charge < -0.3 is 15.4 Å². The third-order valence-electron chi connectivity index (χ3n) is 4.56. The number of aryl methyl sites for hydroxylation is 2. The van der Waals surface area contributed by atoms with Crippen molar-refractivity contribution in [1.29, 1.82) is 0 Å². The minimum absolute atomic E-state index is 0. The van der Waals surface area contributed by atoms with Crippen LogP contribution in [0.4, 0.5) is 0 Å². The molecule has 9 heteroatoms. The summed E-state index contributed by atoms with van der Waals surface area (Å²) in [4.78, 5) is 9.17. The van der Waals surface area contributed by atoms with Gasteiger partial charge in [0.2, 0.25) is 0 Å². The van der Waals surface area contributed by atoms with Crippen LogP contribution in [0, 0.1) is 6.92 Å². The number of nitrogens with one attached hydrogen (secondary N) is 2. The smallest absolute Gasteiger partial charge is 0.191 e. The van der Waals surface area contributed by atoms with Gasteiger partial charge in [0, 0.05) is 30.6 Å². The molecule has 0 spiro atoms. The largest absolute Gasteiger partial charge is 0.497 e. The van der Waals surface area contributed by atoms with Crippen molar-refractivity contribution in [2.24, 2.45) is 4.99 Å². The molecule has 154 valence electrons. The second-order valence-corrected chi connectivity index (χ2v) is 7.01. The summed E-state index contributed by atoms with van der Waals surface area (Å²) in [5, 5.41) is 12.0. The van der Waals surface area contributed by atoms with Gasteiger partial charge in [-0.1, -0.05) is 17.7 Å². The van der Waals surface area contributed by atoms with E-state index in [0.29, 0.717) is 17.6 Å². The van der Waals surface area contributed by atoms with Crippen LogP contribution in [0.5, 0.6) is 5.75 Å². The second-order valence-electron chi connectivity index (χ2n) is 6.61. The molecule has 0 bridgehead atoms. The minimum Gasteiger partial charge on any atom is -0.497 e. The van der Waals surface area contributed by atoms with Crippen LogP contribution in [-0.4, -0.2) is 47.0 Å². The van der Waals surface area contributed by atoms with Gasteiger partial charge >= 0.3 is 0 Å². The van der Waals surface area contributed by atoms with Gasteiger partial charge in [-0.2, -0.15) is 5.10 Å². The standard InChI is InChI=1S/C19H27ClN6O.HI/c1-4-21-19(22-10-9-14-5-7-16(27-3)11-17(14)20)24-15-6-8-18-23-13(2)25-26(18)12-15;/h5,7,11,15H,4,6,8-10,12H2,1-3H3,(H2,21,22,24);1H. The molecule has 1 aromatic carbocycles. The molecule has 0 saturated heterocycles. The minimum atomic E-state index is 0. The monoisotopic (exact) mass is 518 g/mol. The molecule has 28 heavy (non-hydrogen) atoms. The number of halogens is 2. The van der Waals surface area contributed by atoms with Crippen molar-refractivity contribution in [3.05, 3.63) is 40.4 Å². The van der Waals surface area contributed by atoms with Gasteiger partial charge in [0.15, 0.2) is 5.96 Å². The van der Waals surface area contributed by atoms with E-state index in [9.17, 15) is 0 Å². The summed E-state index contributed by atoms with van der Waals surface area (Å²) in [6, 6.07) is 6.05. The zero-order valence-corrected chi connectivity index (χ0v) is 19.6. The molecule has 0 radical (unpaired) electrons. The molecule has 3 rings (SSSR count). The van der Waals surface area contributed by atoms with Crippen molar-refractivity contribution in [2.45, 2.75) is 45.7 Å². The predicted molar refractivity (Wildman–Crippen MR) is 123 cm³/mol. The molecule has 0 amide bonds. The maximum Gasteiger partial charge on any atom is 0.191 e. The molecule has 0 saturated carbocycles. The number of fused-ring (bicyclic) bond motifs is 1. The summed E-state index contributed by atoms with van der Waals surface area (Å²) in [6.07, 6.45) is 2.72. The lowest BCUT2D eigenvalue weighted by atomic mass is 10.1. The average Bonchev–Trinajstić information content (AvgIpc) is 3.02. The molecule has 2 N–H and O–H groups in total. The number of benzene rings is 1. The Morgan fingerprint density at radius 2 is 2.25 bits per heavy atom. The van der Waals surface area contributed by atoms with Gasteiger partial charge in [-0.3, -0.25) is 4.99 Å². The van der Waals surface area contributed by atoms with Crippen LogP contribution in [0.15, 0.2) is 23.2 Å². The zero-order valence-electron chi connectivity index (χ0n) is 16.5. The highest BCUT2D eigenvalue weighted by Crippen LogP contribution is 2.22. The van der Waals surface area contributed by atoms with E-state index in [1.807, 2.05) is 29.8 Å². The summed E-state index contributed by atoms with van der Waals surface area (Å²) in [7, 11) is 1.64. The summed E-state index contributed by atoms with van der Waals surface area (Å²) >= 11 is 6.31. The van der Waals surface area contributed by atoms with Crippen LogP contribution < -0.4 is 15.4 Å². The summed E-state index contributed by atoms with van der Waals surface area (Å²) < 4.78 is 7.19. The van der Waals surface area contributed by atoms with Crippen molar-refractivity contribution in [2.75, 3.05) is 20.2 Å². The van der Waals surface area contributed by atoms with Crippen LogP contribution in [-0.2, 0) is 19.4 Å². The molecule has 1 atom stereocenters. The van der Waals surface area contributed by atoms with E-state index >= 15 is 0 Å². The number of hydrogen-bond donors (Lipinski definition) is 2. The summed E-state index contributed by atoms with van der Waals surface area (Å²) in [5.41, 5.74) is 1.07. The van der Waals surface area contributed by atoms with Gasteiger partial charge in [0.05, 0.1) is 13.7 Å². The average molecular weight is 519 g/mol. The van der Waals surface area contributed by atoms with E-state index in [2.05, 4.69) is 27.6 Å². The molecule has 1 aromatic heterocycles. The highest BCUT2D eigenvalue weighted by Gasteiger charge is 2.21. The number of hydrogen-bond acceptors (Lipinski definition) is 4. The second kappa shape index (κ2) is 10.8. The quantitative estimate of drug-likeness (QED) is 0.349. The lowest BCUT2D eigenvalue weighted by Gasteiger charge is -2.25. The molecular weight excluding hydrogens is 491 g/mol. The van der Waals surface area contributed by atoms with E-state index in [0.717, 1.165) is 61.3 Å². The van der Waals surface area contributed by atoms with E-state index < -0.39 is 0 Å². The maximum atomic E-state index is 6.31. The third-order valence-corrected chi connectivity index (χ3v) is 4.91. The zero-order chi connectivity index (χ0) is 19.2. The Bertz CT molecular complexity index is 810. The molecule has 0 fully saturated rings. The normalized spacial score (nSPS) is 16.1.